The van der Waals surface area contributed by atoms with Gasteiger partial charge in [-0.1, -0.05) is 41.7 Å². The summed E-state index contributed by atoms with van der Waals surface area (Å²) in [6.45, 7) is 3.93. The van der Waals surface area contributed by atoms with Gasteiger partial charge < -0.3 is 4.74 Å². The molecule has 144 valence electrons. The first-order valence-corrected chi connectivity index (χ1v) is 9.73. The molecule has 0 spiro atoms. The number of benzene rings is 1. The first kappa shape index (κ1) is 18.5. The lowest BCUT2D eigenvalue weighted by molar-refractivity contribution is 0.0347. The molecule has 2 aromatic heterocycles. The van der Waals surface area contributed by atoms with Crippen LogP contribution in [0.1, 0.15) is 15.4 Å². The van der Waals surface area contributed by atoms with Crippen molar-refractivity contribution in [2.45, 2.75) is 6.54 Å². The van der Waals surface area contributed by atoms with Crippen molar-refractivity contribution < 1.29 is 9.53 Å². The van der Waals surface area contributed by atoms with E-state index in [2.05, 4.69) is 25.4 Å². The summed E-state index contributed by atoms with van der Waals surface area (Å²) >= 11 is 1.45. The summed E-state index contributed by atoms with van der Waals surface area (Å²) in [6.07, 6.45) is 0. The summed E-state index contributed by atoms with van der Waals surface area (Å²) in [4.78, 5) is 31.6. The maximum atomic E-state index is 12.4. The van der Waals surface area contributed by atoms with Crippen LogP contribution >= 0.6 is 11.3 Å². The minimum absolute atomic E-state index is 0.130. The number of H-pyrrole nitrogens is 1. The van der Waals surface area contributed by atoms with Crippen LogP contribution in [0.3, 0.4) is 0 Å². The van der Waals surface area contributed by atoms with Crippen LogP contribution in [0.2, 0.25) is 0 Å². The molecule has 1 aromatic carbocycles. The molecule has 8 nitrogen and oxygen atoms in total. The zero-order valence-corrected chi connectivity index (χ0v) is 15.9. The van der Waals surface area contributed by atoms with E-state index in [-0.39, 0.29) is 11.3 Å². The van der Waals surface area contributed by atoms with Crippen molar-refractivity contribution in [2.75, 3.05) is 31.6 Å². The molecule has 28 heavy (non-hydrogen) atoms. The van der Waals surface area contributed by atoms with E-state index < -0.39 is 5.91 Å². The van der Waals surface area contributed by atoms with Crippen LogP contribution in [0.15, 0.2) is 47.3 Å². The van der Waals surface area contributed by atoms with Crippen molar-refractivity contribution in [2.24, 2.45) is 0 Å². The van der Waals surface area contributed by atoms with Gasteiger partial charge in [0, 0.05) is 36.1 Å². The molecule has 0 unspecified atom stereocenters. The molecule has 2 N–H and O–H groups in total. The number of amides is 1. The smallest absolute Gasteiger partial charge is 0.277 e. The van der Waals surface area contributed by atoms with Crippen LogP contribution in [0.5, 0.6) is 0 Å². The molecular formula is C19H19N5O3S. The Kier molecular flexibility index (Phi) is 5.56. The SMILES string of the molecule is O=C(Nc1nc(-c2ccccc2)c(CN2CCOCC2)s1)c1ccc(=O)[nH]n1. The van der Waals surface area contributed by atoms with Gasteiger partial charge >= 0.3 is 0 Å². The molecule has 1 aliphatic rings. The molecule has 3 aromatic rings. The second-order valence-electron chi connectivity index (χ2n) is 6.31. The Morgan fingerprint density at radius 2 is 1.96 bits per heavy atom. The highest BCUT2D eigenvalue weighted by molar-refractivity contribution is 7.16. The number of aromatic nitrogens is 3. The van der Waals surface area contributed by atoms with Crippen molar-refractivity contribution >= 4 is 22.4 Å². The van der Waals surface area contributed by atoms with Gasteiger partial charge in [-0.3, -0.25) is 19.8 Å². The van der Waals surface area contributed by atoms with Crippen molar-refractivity contribution in [1.82, 2.24) is 20.1 Å². The monoisotopic (exact) mass is 397 g/mol. The van der Waals surface area contributed by atoms with E-state index in [9.17, 15) is 9.59 Å². The van der Waals surface area contributed by atoms with Crippen LogP contribution in [0.4, 0.5) is 5.13 Å². The second kappa shape index (κ2) is 8.42. The number of nitrogens with zero attached hydrogens (tertiary/aromatic N) is 3. The minimum atomic E-state index is -0.414. The highest BCUT2D eigenvalue weighted by Crippen LogP contribution is 2.32. The number of ether oxygens (including phenoxy) is 1. The van der Waals surface area contributed by atoms with Crippen LogP contribution in [-0.4, -0.2) is 52.3 Å². The van der Waals surface area contributed by atoms with Gasteiger partial charge in [-0.25, -0.2) is 10.1 Å². The van der Waals surface area contributed by atoms with E-state index in [1.807, 2.05) is 30.3 Å². The third-order valence-electron chi connectivity index (χ3n) is 4.35. The fourth-order valence-corrected chi connectivity index (χ4v) is 3.95. The maximum Gasteiger partial charge on any atom is 0.277 e. The molecule has 0 radical (unpaired) electrons. The van der Waals surface area contributed by atoms with Crippen molar-refractivity contribution in [3.8, 4) is 11.3 Å². The van der Waals surface area contributed by atoms with Crippen molar-refractivity contribution in [1.29, 1.82) is 0 Å². The molecule has 1 saturated heterocycles. The number of hydrogen-bond acceptors (Lipinski definition) is 7. The molecule has 9 heteroatoms. The van der Waals surface area contributed by atoms with Crippen LogP contribution in [-0.2, 0) is 11.3 Å². The van der Waals surface area contributed by atoms with Crippen molar-refractivity contribution in [3.63, 3.8) is 0 Å². The summed E-state index contributed by atoms with van der Waals surface area (Å²) in [7, 11) is 0. The number of anilines is 1. The van der Waals surface area contributed by atoms with Gasteiger partial charge in [0.25, 0.3) is 11.5 Å². The molecule has 0 aliphatic carbocycles. The topological polar surface area (TPSA) is 100 Å². The second-order valence-corrected chi connectivity index (χ2v) is 7.39. The normalized spacial score (nSPS) is 14.7. The first-order valence-electron chi connectivity index (χ1n) is 8.91. The van der Waals surface area contributed by atoms with Crippen LogP contribution < -0.4 is 10.9 Å². The Hall–Kier alpha value is -2.88. The molecule has 3 heterocycles. The Labute approximate surface area is 165 Å². The van der Waals surface area contributed by atoms with Gasteiger partial charge in [-0.2, -0.15) is 5.10 Å². The fourth-order valence-electron chi connectivity index (χ4n) is 2.93. The molecular weight excluding hydrogens is 378 g/mol. The largest absolute Gasteiger partial charge is 0.379 e. The third kappa shape index (κ3) is 4.33. The fraction of sp³-hybridized carbons (Fsp3) is 0.263. The van der Waals surface area contributed by atoms with Gasteiger partial charge in [0.05, 0.1) is 18.9 Å². The quantitative estimate of drug-likeness (QED) is 0.683. The average molecular weight is 397 g/mol. The molecule has 1 aliphatic heterocycles. The van der Waals surface area contributed by atoms with Gasteiger partial charge in [-0.05, 0) is 6.07 Å². The zero-order chi connectivity index (χ0) is 19.3. The molecule has 1 amide bonds. The Balaban J connectivity index is 1.59. The molecule has 4 rings (SSSR count). The first-order chi connectivity index (χ1) is 13.7. The van der Waals surface area contributed by atoms with E-state index in [1.165, 1.54) is 23.5 Å². The van der Waals surface area contributed by atoms with Crippen LogP contribution in [0, 0.1) is 0 Å². The molecule has 0 saturated carbocycles. The molecule has 0 bridgehead atoms. The summed E-state index contributed by atoms with van der Waals surface area (Å²) in [5.41, 5.74) is 1.64. The number of carbonyl (C=O) groups is 1. The number of nitrogens with one attached hydrogen (secondary N) is 2. The lowest BCUT2D eigenvalue weighted by atomic mass is 10.1. The van der Waals surface area contributed by atoms with Gasteiger partial charge in [-0.15, -0.1) is 0 Å². The Morgan fingerprint density at radius 1 is 1.18 bits per heavy atom. The molecule has 0 atom stereocenters. The predicted molar refractivity (Wildman–Crippen MR) is 106 cm³/mol. The number of thiazole rings is 1. The predicted octanol–water partition coefficient (Wildman–Crippen LogP) is 1.98. The van der Waals surface area contributed by atoms with E-state index in [0.29, 0.717) is 5.13 Å². The minimum Gasteiger partial charge on any atom is -0.379 e. The zero-order valence-electron chi connectivity index (χ0n) is 15.1. The number of hydrogen-bond donors (Lipinski definition) is 2. The maximum absolute atomic E-state index is 12.4. The number of rotatable bonds is 5. The highest BCUT2D eigenvalue weighted by atomic mass is 32.1. The van der Waals surface area contributed by atoms with Crippen LogP contribution in [0.25, 0.3) is 11.3 Å². The van der Waals surface area contributed by atoms with E-state index in [4.69, 9.17) is 4.74 Å². The lowest BCUT2D eigenvalue weighted by Crippen LogP contribution is -2.35. The number of aromatic amines is 1. The van der Waals surface area contributed by atoms with Gasteiger partial charge in [0.15, 0.2) is 5.13 Å². The summed E-state index contributed by atoms with van der Waals surface area (Å²) in [5, 5.41) is 9.31. The summed E-state index contributed by atoms with van der Waals surface area (Å²) < 4.78 is 5.42. The average Bonchev–Trinajstić information content (AvgIpc) is 3.12. The van der Waals surface area contributed by atoms with E-state index in [0.717, 1.165) is 49.0 Å². The van der Waals surface area contributed by atoms with Gasteiger partial charge in [0.1, 0.15) is 5.69 Å². The summed E-state index contributed by atoms with van der Waals surface area (Å²) in [6, 6.07) is 12.6. The molecule has 1 fully saturated rings. The van der Waals surface area contributed by atoms with E-state index in [1.54, 1.807) is 0 Å². The highest BCUT2D eigenvalue weighted by Gasteiger charge is 2.19. The van der Waals surface area contributed by atoms with Crippen molar-refractivity contribution in [3.05, 3.63) is 63.4 Å². The van der Waals surface area contributed by atoms with Gasteiger partial charge in [0.2, 0.25) is 0 Å². The van der Waals surface area contributed by atoms with E-state index >= 15 is 0 Å². The number of morpholine rings is 1. The Bertz CT molecular complexity index is 991. The number of carbonyl (C=O) groups excluding carboxylic acids is 1. The lowest BCUT2D eigenvalue weighted by Gasteiger charge is -2.26. The summed E-state index contributed by atoms with van der Waals surface area (Å²) in [5.74, 6) is -0.414. The Morgan fingerprint density at radius 3 is 2.68 bits per heavy atom. The third-order valence-corrected chi connectivity index (χ3v) is 5.30. The standard InChI is InChI=1S/C19H19N5O3S/c25-16-7-6-14(22-23-16)18(26)21-19-20-17(13-4-2-1-3-5-13)15(28-19)12-24-8-10-27-11-9-24/h1-7H,8-12H2,(H,23,25)(H,20,21,26).